The maximum atomic E-state index is 5.40. The van der Waals surface area contributed by atoms with Gasteiger partial charge in [0.25, 0.3) is 0 Å². The Morgan fingerprint density at radius 1 is 1.33 bits per heavy atom. The second kappa shape index (κ2) is 5.78. The number of aryl methyl sites for hydroxylation is 1. The van der Waals surface area contributed by atoms with Crippen LogP contribution in [0.25, 0.3) is 22.8 Å². The summed E-state index contributed by atoms with van der Waals surface area (Å²) in [6.07, 6.45) is 6.37. The first-order chi connectivity index (χ1) is 10.3. The van der Waals surface area contributed by atoms with Gasteiger partial charge in [-0.25, -0.2) is 9.97 Å². The molecule has 3 rings (SSSR count). The molecule has 108 valence electrons. The first kappa shape index (κ1) is 13.4. The first-order valence-electron chi connectivity index (χ1n) is 6.92. The highest BCUT2D eigenvalue weighted by molar-refractivity contribution is 5.64. The van der Waals surface area contributed by atoms with Gasteiger partial charge in [-0.3, -0.25) is 4.68 Å². The molecular formula is C15H17N5O. The molecule has 6 heteroatoms. The normalized spacial score (nSPS) is 10.8. The largest absolute Gasteiger partial charge is 0.461 e. The van der Waals surface area contributed by atoms with Gasteiger partial charge in [0.1, 0.15) is 5.82 Å². The number of hydrogen-bond donors (Lipinski definition) is 1. The quantitative estimate of drug-likeness (QED) is 0.779. The third-order valence-electron chi connectivity index (χ3n) is 3.02. The monoisotopic (exact) mass is 283 g/mol. The Balaban J connectivity index is 2.04. The Kier molecular flexibility index (Phi) is 3.68. The third kappa shape index (κ3) is 2.94. The van der Waals surface area contributed by atoms with Crippen LogP contribution in [-0.2, 0) is 7.05 Å². The van der Waals surface area contributed by atoms with Crippen molar-refractivity contribution < 1.29 is 4.42 Å². The Bertz CT molecular complexity index is 718. The highest BCUT2D eigenvalue weighted by atomic mass is 16.3. The van der Waals surface area contributed by atoms with Crippen molar-refractivity contribution >= 4 is 5.82 Å². The molecule has 0 aromatic carbocycles. The van der Waals surface area contributed by atoms with Crippen LogP contribution in [0.15, 0.2) is 41.3 Å². The van der Waals surface area contributed by atoms with Crippen LogP contribution < -0.4 is 5.32 Å². The fourth-order valence-electron chi connectivity index (χ4n) is 2.01. The molecule has 3 heterocycles. The average Bonchev–Trinajstić information content (AvgIpc) is 3.16. The molecule has 0 amide bonds. The predicted octanol–water partition coefficient (Wildman–Crippen LogP) is 2.96. The maximum Gasteiger partial charge on any atom is 0.198 e. The van der Waals surface area contributed by atoms with Gasteiger partial charge in [-0.15, -0.1) is 0 Å². The van der Waals surface area contributed by atoms with Gasteiger partial charge in [-0.1, -0.05) is 6.92 Å². The van der Waals surface area contributed by atoms with Crippen molar-refractivity contribution in [3.05, 3.63) is 36.9 Å². The van der Waals surface area contributed by atoms with Gasteiger partial charge in [0.2, 0.25) is 0 Å². The standard InChI is InChI=1S/C15H17N5O/c1-3-6-16-14-8-12(11-9-17-20(2)10-11)18-15(19-14)13-5-4-7-21-13/h4-5,7-10H,3,6H2,1-2H3,(H,16,18,19). The van der Waals surface area contributed by atoms with Gasteiger partial charge in [0, 0.05) is 31.4 Å². The summed E-state index contributed by atoms with van der Waals surface area (Å²) in [7, 11) is 1.88. The summed E-state index contributed by atoms with van der Waals surface area (Å²) in [5.74, 6) is 2.01. The summed E-state index contributed by atoms with van der Waals surface area (Å²) < 4.78 is 7.15. The lowest BCUT2D eigenvalue weighted by molar-refractivity contribution is 0.577. The van der Waals surface area contributed by atoms with Crippen LogP contribution >= 0.6 is 0 Å². The second-order valence-corrected chi connectivity index (χ2v) is 4.77. The summed E-state index contributed by atoms with van der Waals surface area (Å²) in [5, 5.41) is 7.48. The van der Waals surface area contributed by atoms with Crippen LogP contribution in [-0.4, -0.2) is 26.3 Å². The van der Waals surface area contributed by atoms with Crippen LogP contribution in [0.3, 0.4) is 0 Å². The minimum Gasteiger partial charge on any atom is -0.461 e. The molecule has 0 spiro atoms. The smallest absolute Gasteiger partial charge is 0.198 e. The van der Waals surface area contributed by atoms with E-state index in [-0.39, 0.29) is 0 Å². The van der Waals surface area contributed by atoms with Crippen LogP contribution in [0.2, 0.25) is 0 Å². The molecule has 0 saturated carbocycles. The lowest BCUT2D eigenvalue weighted by Gasteiger charge is -2.07. The van der Waals surface area contributed by atoms with Crippen LogP contribution in [0, 0.1) is 0 Å². The fourth-order valence-corrected chi connectivity index (χ4v) is 2.01. The summed E-state index contributed by atoms with van der Waals surface area (Å²) in [4.78, 5) is 9.07. The second-order valence-electron chi connectivity index (χ2n) is 4.77. The van der Waals surface area contributed by atoms with E-state index in [1.54, 1.807) is 17.1 Å². The van der Waals surface area contributed by atoms with Crippen molar-refractivity contribution in [2.75, 3.05) is 11.9 Å². The van der Waals surface area contributed by atoms with Gasteiger partial charge in [-0.05, 0) is 18.6 Å². The number of anilines is 1. The summed E-state index contributed by atoms with van der Waals surface area (Å²) in [6, 6.07) is 5.61. The topological polar surface area (TPSA) is 68.8 Å². The van der Waals surface area contributed by atoms with Gasteiger partial charge in [0.15, 0.2) is 11.6 Å². The number of hydrogen-bond acceptors (Lipinski definition) is 5. The maximum absolute atomic E-state index is 5.40. The molecule has 0 aliphatic heterocycles. The average molecular weight is 283 g/mol. The van der Waals surface area contributed by atoms with E-state index in [1.807, 2.05) is 31.4 Å². The van der Waals surface area contributed by atoms with Crippen molar-refractivity contribution in [3.8, 4) is 22.8 Å². The van der Waals surface area contributed by atoms with Crippen molar-refractivity contribution in [2.24, 2.45) is 7.05 Å². The van der Waals surface area contributed by atoms with E-state index in [0.29, 0.717) is 11.6 Å². The molecule has 0 saturated heterocycles. The van der Waals surface area contributed by atoms with E-state index >= 15 is 0 Å². The molecular weight excluding hydrogens is 266 g/mol. The van der Waals surface area contributed by atoms with Crippen molar-refractivity contribution in [1.29, 1.82) is 0 Å². The molecule has 0 fully saturated rings. The van der Waals surface area contributed by atoms with E-state index in [9.17, 15) is 0 Å². The lowest BCUT2D eigenvalue weighted by atomic mass is 10.2. The molecule has 0 unspecified atom stereocenters. The minimum atomic E-state index is 0.569. The van der Waals surface area contributed by atoms with Crippen LogP contribution in [0.5, 0.6) is 0 Å². The number of aromatic nitrogens is 4. The number of nitrogens with zero attached hydrogens (tertiary/aromatic N) is 4. The molecule has 3 aromatic heterocycles. The van der Waals surface area contributed by atoms with E-state index in [4.69, 9.17) is 4.42 Å². The summed E-state index contributed by atoms with van der Waals surface area (Å²) in [5.41, 5.74) is 1.77. The lowest BCUT2D eigenvalue weighted by Crippen LogP contribution is -2.04. The Labute approximate surface area is 122 Å². The van der Waals surface area contributed by atoms with E-state index in [1.165, 1.54) is 0 Å². The molecule has 6 nitrogen and oxygen atoms in total. The Morgan fingerprint density at radius 3 is 2.90 bits per heavy atom. The van der Waals surface area contributed by atoms with Crippen molar-refractivity contribution in [3.63, 3.8) is 0 Å². The molecule has 0 aliphatic rings. The van der Waals surface area contributed by atoms with Crippen LogP contribution in [0.4, 0.5) is 5.82 Å². The zero-order chi connectivity index (χ0) is 14.7. The summed E-state index contributed by atoms with van der Waals surface area (Å²) >= 11 is 0. The zero-order valence-corrected chi connectivity index (χ0v) is 12.1. The third-order valence-corrected chi connectivity index (χ3v) is 3.02. The van der Waals surface area contributed by atoms with E-state index in [0.717, 1.165) is 30.0 Å². The van der Waals surface area contributed by atoms with Crippen LogP contribution in [0.1, 0.15) is 13.3 Å². The molecule has 0 bridgehead atoms. The zero-order valence-electron chi connectivity index (χ0n) is 12.1. The fraction of sp³-hybridized carbons (Fsp3) is 0.267. The van der Waals surface area contributed by atoms with E-state index in [2.05, 4.69) is 27.3 Å². The molecule has 21 heavy (non-hydrogen) atoms. The SMILES string of the molecule is CCCNc1cc(-c2cnn(C)c2)nc(-c2ccco2)n1. The molecule has 0 aliphatic carbocycles. The van der Waals surface area contributed by atoms with Crippen molar-refractivity contribution in [2.45, 2.75) is 13.3 Å². The molecule has 0 atom stereocenters. The van der Waals surface area contributed by atoms with Gasteiger partial charge in [0.05, 0.1) is 18.2 Å². The molecule has 0 radical (unpaired) electrons. The van der Waals surface area contributed by atoms with E-state index < -0.39 is 0 Å². The Hall–Kier alpha value is -2.63. The van der Waals surface area contributed by atoms with Gasteiger partial charge in [-0.2, -0.15) is 5.10 Å². The Morgan fingerprint density at radius 2 is 2.24 bits per heavy atom. The summed E-state index contributed by atoms with van der Waals surface area (Å²) in [6.45, 7) is 2.98. The molecule has 3 aromatic rings. The molecule has 1 N–H and O–H groups in total. The van der Waals surface area contributed by atoms with Gasteiger partial charge < -0.3 is 9.73 Å². The van der Waals surface area contributed by atoms with Gasteiger partial charge >= 0.3 is 0 Å². The number of rotatable bonds is 5. The number of nitrogens with one attached hydrogen (secondary N) is 1. The minimum absolute atomic E-state index is 0.569. The highest BCUT2D eigenvalue weighted by Gasteiger charge is 2.11. The predicted molar refractivity (Wildman–Crippen MR) is 80.7 cm³/mol. The van der Waals surface area contributed by atoms with Crippen molar-refractivity contribution in [1.82, 2.24) is 19.7 Å². The highest BCUT2D eigenvalue weighted by Crippen LogP contribution is 2.24. The first-order valence-corrected chi connectivity index (χ1v) is 6.92. The number of furan rings is 1.